The number of nitrogens with two attached hydrogens (primary N) is 1. The molecule has 0 spiro atoms. The van der Waals surface area contributed by atoms with Crippen LogP contribution in [0, 0.1) is 5.92 Å². The van der Waals surface area contributed by atoms with E-state index >= 15 is 0 Å². The number of benzene rings is 1. The number of hydrogen-bond donors (Lipinski definition) is 2. The zero-order valence-electron chi connectivity index (χ0n) is 13.3. The number of sulfonamides is 1. The van der Waals surface area contributed by atoms with Crippen LogP contribution in [0.3, 0.4) is 0 Å². The van der Waals surface area contributed by atoms with Crippen molar-refractivity contribution < 1.29 is 13.2 Å². The van der Waals surface area contributed by atoms with E-state index in [9.17, 15) is 8.42 Å². The quantitative estimate of drug-likeness (QED) is 0.819. The highest BCUT2D eigenvalue weighted by Gasteiger charge is 2.40. The molecule has 0 aliphatic heterocycles. The maximum absolute atomic E-state index is 12.7. The summed E-state index contributed by atoms with van der Waals surface area (Å²) in [5.41, 5.74) is 5.34. The van der Waals surface area contributed by atoms with Gasteiger partial charge in [0.25, 0.3) is 0 Å². The lowest BCUT2D eigenvalue weighted by Crippen LogP contribution is -2.58. The van der Waals surface area contributed by atoms with Crippen LogP contribution >= 0.6 is 24.0 Å². The Labute approximate surface area is 149 Å². The van der Waals surface area contributed by atoms with Crippen LogP contribution in [-0.2, 0) is 10.0 Å². The van der Waals surface area contributed by atoms with E-state index in [2.05, 4.69) is 11.6 Å². The predicted molar refractivity (Wildman–Crippen MR) is 95.0 cm³/mol. The molecular formula is C15H24Cl2N2O3S. The van der Waals surface area contributed by atoms with Crippen LogP contribution in [-0.4, -0.2) is 27.6 Å². The van der Waals surface area contributed by atoms with Gasteiger partial charge in [0.05, 0.1) is 17.0 Å². The molecule has 2 atom stereocenters. The maximum atomic E-state index is 12.7. The smallest absolute Gasteiger partial charge is 0.241 e. The number of methoxy groups -OCH3 is 1. The summed E-state index contributed by atoms with van der Waals surface area (Å²) in [6, 6.07) is 4.45. The number of nitrogens with one attached hydrogen (secondary N) is 1. The van der Waals surface area contributed by atoms with E-state index in [1.165, 1.54) is 19.2 Å². The SMILES string of the molecule is COc1ccc(S(=O)(=O)NC2(CN)CCCCC2C)cc1Cl.Cl. The van der Waals surface area contributed by atoms with Gasteiger partial charge in [-0.3, -0.25) is 0 Å². The van der Waals surface area contributed by atoms with Crippen LogP contribution < -0.4 is 15.2 Å². The second kappa shape index (κ2) is 8.03. The fraction of sp³-hybridized carbons (Fsp3) is 0.600. The summed E-state index contributed by atoms with van der Waals surface area (Å²) in [6.45, 7) is 2.34. The van der Waals surface area contributed by atoms with Gasteiger partial charge < -0.3 is 10.5 Å². The lowest BCUT2D eigenvalue weighted by atomic mass is 9.74. The lowest BCUT2D eigenvalue weighted by molar-refractivity contribution is 0.191. The largest absolute Gasteiger partial charge is 0.495 e. The number of rotatable bonds is 5. The lowest BCUT2D eigenvalue weighted by Gasteiger charge is -2.42. The van der Waals surface area contributed by atoms with Crippen LogP contribution in [0.4, 0.5) is 0 Å². The first kappa shape index (κ1) is 20.5. The van der Waals surface area contributed by atoms with Gasteiger partial charge in [-0.1, -0.05) is 31.4 Å². The summed E-state index contributed by atoms with van der Waals surface area (Å²) < 4.78 is 33.3. The average Bonchev–Trinajstić information content (AvgIpc) is 2.49. The highest BCUT2D eigenvalue weighted by atomic mass is 35.5. The molecule has 8 heteroatoms. The van der Waals surface area contributed by atoms with Crippen LogP contribution in [0.5, 0.6) is 5.75 Å². The van der Waals surface area contributed by atoms with Gasteiger partial charge in [-0.05, 0) is 37.0 Å². The molecule has 0 saturated heterocycles. The molecule has 2 rings (SSSR count). The normalized spacial score (nSPS) is 24.8. The Morgan fingerprint density at radius 3 is 2.65 bits per heavy atom. The van der Waals surface area contributed by atoms with E-state index in [1.807, 2.05) is 0 Å². The van der Waals surface area contributed by atoms with Gasteiger partial charge in [0.1, 0.15) is 5.75 Å². The highest BCUT2D eigenvalue weighted by Crippen LogP contribution is 2.35. The van der Waals surface area contributed by atoms with E-state index in [-0.39, 0.29) is 34.8 Å². The third kappa shape index (κ3) is 4.31. The number of halogens is 2. The minimum atomic E-state index is -3.68. The van der Waals surface area contributed by atoms with Crippen molar-refractivity contribution in [3.05, 3.63) is 23.2 Å². The summed E-state index contributed by atoms with van der Waals surface area (Å²) in [7, 11) is -2.19. The van der Waals surface area contributed by atoms with E-state index < -0.39 is 15.6 Å². The first-order valence-corrected chi connectivity index (χ1v) is 9.28. The van der Waals surface area contributed by atoms with Gasteiger partial charge in [-0.15, -0.1) is 12.4 Å². The molecule has 1 aromatic rings. The van der Waals surface area contributed by atoms with Gasteiger partial charge >= 0.3 is 0 Å². The second-order valence-electron chi connectivity index (χ2n) is 5.91. The molecule has 132 valence electrons. The Bertz CT molecular complexity index is 640. The van der Waals surface area contributed by atoms with E-state index in [4.69, 9.17) is 22.1 Å². The zero-order chi connectivity index (χ0) is 16.4. The summed E-state index contributed by atoms with van der Waals surface area (Å²) in [6.07, 6.45) is 3.82. The molecule has 2 unspecified atom stereocenters. The molecule has 23 heavy (non-hydrogen) atoms. The molecule has 1 aromatic carbocycles. The summed E-state index contributed by atoms with van der Waals surface area (Å²) in [4.78, 5) is 0.129. The Kier molecular flexibility index (Phi) is 7.16. The van der Waals surface area contributed by atoms with Crippen molar-refractivity contribution in [1.82, 2.24) is 4.72 Å². The van der Waals surface area contributed by atoms with Crippen molar-refractivity contribution in [3.8, 4) is 5.75 Å². The highest BCUT2D eigenvalue weighted by molar-refractivity contribution is 7.89. The molecule has 0 bridgehead atoms. The monoisotopic (exact) mass is 382 g/mol. The molecule has 3 N–H and O–H groups in total. The predicted octanol–water partition coefficient (Wildman–Crippen LogP) is 2.96. The van der Waals surface area contributed by atoms with Crippen molar-refractivity contribution >= 4 is 34.0 Å². The molecule has 1 saturated carbocycles. The average molecular weight is 383 g/mol. The van der Waals surface area contributed by atoms with Crippen LogP contribution in [0.15, 0.2) is 23.1 Å². The molecule has 0 amide bonds. The molecule has 0 heterocycles. The van der Waals surface area contributed by atoms with E-state index in [0.717, 1.165) is 25.7 Å². The fourth-order valence-corrected chi connectivity index (χ4v) is 4.93. The van der Waals surface area contributed by atoms with Crippen molar-refractivity contribution in [2.45, 2.75) is 43.0 Å². The molecule has 0 radical (unpaired) electrons. The topological polar surface area (TPSA) is 81.4 Å². The van der Waals surface area contributed by atoms with Crippen LogP contribution in [0.1, 0.15) is 32.6 Å². The van der Waals surface area contributed by atoms with E-state index in [0.29, 0.717) is 5.75 Å². The van der Waals surface area contributed by atoms with Crippen molar-refractivity contribution in [1.29, 1.82) is 0 Å². The third-order valence-corrected chi connectivity index (χ3v) is 6.43. The van der Waals surface area contributed by atoms with Gasteiger partial charge in [0.15, 0.2) is 0 Å². The van der Waals surface area contributed by atoms with Crippen molar-refractivity contribution in [3.63, 3.8) is 0 Å². The van der Waals surface area contributed by atoms with Crippen LogP contribution in [0.25, 0.3) is 0 Å². The standard InChI is InChI=1S/C15H23ClN2O3S.ClH/c1-11-5-3-4-8-15(11,10-17)18-22(19,20)12-6-7-14(21-2)13(16)9-12;/h6-7,9,11,18H,3-5,8,10,17H2,1-2H3;1H. The summed E-state index contributed by atoms with van der Waals surface area (Å²) in [5, 5.41) is 0.267. The van der Waals surface area contributed by atoms with Crippen LogP contribution in [0.2, 0.25) is 5.02 Å². The minimum absolute atomic E-state index is 0. The second-order valence-corrected chi connectivity index (χ2v) is 8.00. The molecule has 1 aliphatic carbocycles. The molecular weight excluding hydrogens is 359 g/mol. The first-order chi connectivity index (χ1) is 10.3. The summed E-state index contributed by atoms with van der Waals surface area (Å²) >= 11 is 6.03. The third-order valence-electron chi connectivity index (χ3n) is 4.59. The molecule has 0 aromatic heterocycles. The summed E-state index contributed by atoms with van der Waals surface area (Å²) in [5.74, 6) is 0.648. The fourth-order valence-electron chi connectivity index (χ4n) is 3.05. The Morgan fingerprint density at radius 1 is 1.43 bits per heavy atom. The maximum Gasteiger partial charge on any atom is 0.241 e. The van der Waals surface area contributed by atoms with Gasteiger partial charge in [-0.2, -0.15) is 0 Å². The number of ether oxygens (including phenoxy) is 1. The molecule has 1 aliphatic rings. The molecule has 5 nitrogen and oxygen atoms in total. The van der Waals surface area contributed by atoms with Gasteiger partial charge in [0.2, 0.25) is 10.0 Å². The first-order valence-electron chi connectivity index (χ1n) is 7.42. The van der Waals surface area contributed by atoms with Crippen molar-refractivity contribution in [2.75, 3.05) is 13.7 Å². The molecule has 1 fully saturated rings. The van der Waals surface area contributed by atoms with E-state index in [1.54, 1.807) is 6.07 Å². The zero-order valence-corrected chi connectivity index (χ0v) is 15.7. The number of hydrogen-bond acceptors (Lipinski definition) is 4. The van der Waals surface area contributed by atoms with Gasteiger partial charge in [-0.25, -0.2) is 13.1 Å². The van der Waals surface area contributed by atoms with Crippen molar-refractivity contribution in [2.24, 2.45) is 11.7 Å². The Morgan fingerprint density at radius 2 is 2.13 bits per heavy atom. The minimum Gasteiger partial charge on any atom is -0.495 e. The van der Waals surface area contributed by atoms with Gasteiger partial charge in [0, 0.05) is 12.1 Å². The Balaban J connectivity index is 0.00000264. The Hall–Kier alpha value is -0.530.